The lowest BCUT2D eigenvalue weighted by atomic mass is 9.95. The molecule has 0 spiro atoms. The van der Waals surface area contributed by atoms with Crippen molar-refractivity contribution in [3.8, 4) is 0 Å². The van der Waals surface area contributed by atoms with Crippen LogP contribution in [0.2, 0.25) is 0 Å². The number of rotatable bonds is 3. The maximum atomic E-state index is 12.5. The van der Waals surface area contributed by atoms with Gasteiger partial charge in [0.1, 0.15) is 6.04 Å². The van der Waals surface area contributed by atoms with Crippen LogP contribution in [0.25, 0.3) is 0 Å². The van der Waals surface area contributed by atoms with Crippen molar-refractivity contribution in [1.82, 2.24) is 10.2 Å². The van der Waals surface area contributed by atoms with Gasteiger partial charge in [-0.25, -0.2) is 0 Å². The SMILES string of the molecule is CC(NC(=O)C(C)(C)C)C(=O)N1CCN(c2ccccc2)CC1. The zero-order valence-corrected chi connectivity index (χ0v) is 14.5. The van der Waals surface area contributed by atoms with Gasteiger partial charge in [0.15, 0.2) is 0 Å². The quantitative estimate of drug-likeness (QED) is 0.926. The van der Waals surface area contributed by atoms with E-state index in [1.165, 1.54) is 5.69 Å². The van der Waals surface area contributed by atoms with Crippen LogP contribution in [0.4, 0.5) is 5.69 Å². The van der Waals surface area contributed by atoms with Crippen molar-refractivity contribution < 1.29 is 9.59 Å². The predicted octanol–water partition coefficient (Wildman–Crippen LogP) is 1.89. The van der Waals surface area contributed by atoms with E-state index < -0.39 is 11.5 Å². The Morgan fingerprint density at radius 3 is 2.13 bits per heavy atom. The van der Waals surface area contributed by atoms with Crippen LogP contribution in [0, 0.1) is 5.41 Å². The molecule has 0 bridgehead atoms. The summed E-state index contributed by atoms with van der Waals surface area (Å²) in [5, 5.41) is 2.82. The lowest BCUT2D eigenvalue weighted by molar-refractivity contribution is -0.138. The van der Waals surface area contributed by atoms with Gasteiger partial charge in [-0.3, -0.25) is 9.59 Å². The number of carbonyl (C=O) groups excluding carboxylic acids is 2. The fourth-order valence-electron chi connectivity index (χ4n) is 2.57. The number of benzene rings is 1. The highest BCUT2D eigenvalue weighted by Gasteiger charge is 2.29. The molecular weight excluding hydrogens is 290 g/mol. The second kappa shape index (κ2) is 7.02. The molecule has 1 unspecified atom stereocenters. The van der Waals surface area contributed by atoms with Gasteiger partial charge in [0.05, 0.1) is 0 Å². The molecule has 1 aromatic rings. The van der Waals surface area contributed by atoms with Gasteiger partial charge in [0.25, 0.3) is 0 Å². The lowest BCUT2D eigenvalue weighted by Gasteiger charge is -2.37. The van der Waals surface area contributed by atoms with E-state index in [4.69, 9.17) is 0 Å². The number of nitrogens with one attached hydrogen (secondary N) is 1. The Kier molecular flexibility index (Phi) is 5.29. The number of nitrogens with zero attached hydrogens (tertiary/aromatic N) is 2. The summed E-state index contributed by atoms with van der Waals surface area (Å²) >= 11 is 0. The highest BCUT2D eigenvalue weighted by molar-refractivity contribution is 5.89. The molecule has 0 aliphatic carbocycles. The molecule has 23 heavy (non-hydrogen) atoms. The van der Waals surface area contributed by atoms with E-state index >= 15 is 0 Å². The fraction of sp³-hybridized carbons (Fsp3) is 0.556. The summed E-state index contributed by atoms with van der Waals surface area (Å²) in [6.07, 6.45) is 0. The van der Waals surface area contributed by atoms with E-state index in [2.05, 4.69) is 22.3 Å². The molecule has 5 heteroatoms. The van der Waals surface area contributed by atoms with Crippen LogP contribution in [-0.4, -0.2) is 48.9 Å². The van der Waals surface area contributed by atoms with Crippen molar-refractivity contribution in [3.63, 3.8) is 0 Å². The third kappa shape index (κ3) is 4.47. The maximum absolute atomic E-state index is 12.5. The van der Waals surface area contributed by atoms with Gasteiger partial charge in [-0.15, -0.1) is 0 Å². The minimum atomic E-state index is -0.486. The maximum Gasteiger partial charge on any atom is 0.244 e. The number of piperazine rings is 1. The Labute approximate surface area is 138 Å². The zero-order valence-electron chi connectivity index (χ0n) is 14.5. The first-order valence-corrected chi connectivity index (χ1v) is 8.19. The fourth-order valence-corrected chi connectivity index (χ4v) is 2.57. The van der Waals surface area contributed by atoms with Crippen molar-refractivity contribution in [2.45, 2.75) is 33.7 Å². The van der Waals surface area contributed by atoms with Gasteiger partial charge in [-0.05, 0) is 19.1 Å². The van der Waals surface area contributed by atoms with Crippen molar-refractivity contribution in [3.05, 3.63) is 30.3 Å². The number of amides is 2. The van der Waals surface area contributed by atoms with Crippen LogP contribution >= 0.6 is 0 Å². The van der Waals surface area contributed by atoms with Crippen LogP contribution in [0.5, 0.6) is 0 Å². The molecular formula is C18H27N3O2. The van der Waals surface area contributed by atoms with Crippen molar-refractivity contribution in [2.75, 3.05) is 31.1 Å². The van der Waals surface area contributed by atoms with Crippen molar-refractivity contribution >= 4 is 17.5 Å². The van der Waals surface area contributed by atoms with Gasteiger partial charge in [0, 0.05) is 37.3 Å². The summed E-state index contributed by atoms with van der Waals surface area (Å²) in [4.78, 5) is 28.6. The standard InChI is InChI=1S/C18H27N3O2/c1-14(19-17(23)18(2,3)4)16(22)21-12-10-20(11-13-21)15-8-6-5-7-9-15/h5-9,14H,10-13H2,1-4H3,(H,19,23). The molecule has 1 heterocycles. The van der Waals surface area contributed by atoms with E-state index in [0.29, 0.717) is 13.1 Å². The monoisotopic (exact) mass is 317 g/mol. The zero-order chi connectivity index (χ0) is 17.0. The average Bonchev–Trinajstić information content (AvgIpc) is 2.54. The third-order valence-electron chi connectivity index (χ3n) is 4.11. The highest BCUT2D eigenvalue weighted by atomic mass is 16.2. The largest absolute Gasteiger partial charge is 0.368 e. The van der Waals surface area contributed by atoms with E-state index in [-0.39, 0.29) is 11.8 Å². The summed E-state index contributed by atoms with van der Waals surface area (Å²) in [5.74, 6) is -0.100. The molecule has 0 radical (unpaired) electrons. The second-order valence-corrected chi connectivity index (χ2v) is 7.09. The van der Waals surface area contributed by atoms with Crippen molar-refractivity contribution in [1.29, 1.82) is 0 Å². The van der Waals surface area contributed by atoms with Crippen molar-refractivity contribution in [2.24, 2.45) is 5.41 Å². The van der Waals surface area contributed by atoms with Crippen LogP contribution in [-0.2, 0) is 9.59 Å². The molecule has 1 atom stereocenters. The first-order valence-electron chi connectivity index (χ1n) is 8.19. The number of para-hydroxylation sites is 1. The van der Waals surface area contributed by atoms with Gasteiger partial charge in [-0.2, -0.15) is 0 Å². The summed E-state index contributed by atoms with van der Waals surface area (Å²) in [6, 6.07) is 9.74. The van der Waals surface area contributed by atoms with E-state index in [1.807, 2.05) is 43.9 Å². The van der Waals surface area contributed by atoms with Crippen LogP contribution in [0.3, 0.4) is 0 Å². The first kappa shape index (κ1) is 17.3. The molecule has 0 saturated carbocycles. The Hall–Kier alpha value is -2.04. The third-order valence-corrected chi connectivity index (χ3v) is 4.11. The van der Waals surface area contributed by atoms with Crippen LogP contribution in [0.1, 0.15) is 27.7 Å². The number of carbonyl (C=O) groups is 2. The summed E-state index contributed by atoms with van der Waals surface area (Å²) in [7, 11) is 0. The van der Waals surface area contributed by atoms with Crippen LogP contribution in [0.15, 0.2) is 30.3 Å². The minimum absolute atomic E-state index is 0.00434. The molecule has 1 saturated heterocycles. The smallest absolute Gasteiger partial charge is 0.244 e. The predicted molar refractivity (Wildman–Crippen MR) is 92.3 cm³/mol. The molecule has 5 nitrogen and oxygen atoms in total. The number of hydrogen-bond donors (Lipinski definition) is 1. The summed E-state index contributed by atoms with van der Waals surface area (Å²) < 4.78 is 0. The van der Waals surface area contributed by atoms with E-state index in [1.54, 1.807) is 6.92 Å². The molecule has 2 amide bonds. The Balaban J connectivity index is 1.87. The topological polar surface area (TPSA) is 52.7 Å². The van der Waals surface area contributed by atoms with E-state index in [0.717, 1.165) is 13.1 Å². The molecule has 1 N–H and O–H groups in total. The summed E-state index contributed by atoms with van der Waals surface area (Å²) in [6.45, 7) is 10.3. The Bertz CT molecular complexity index is 543. The average molecular weight is 317 g/mol. The molecule has 0 aromatic heterocycles. The molecule has 1 aliphatic rings. The Morgan fingerprint density at radius 2 is 1.61 bits per heavy atom. The first-order chi connectivity index (χ1) is 10.8. The molecule has 1 aromatic carbocycles. The Morgan fingerprint density at radius 1 is 1.04 bits per heavy atom. The lowest BCUT2D eigenvalue weighted by Crippen LogP contribution is -2.55. The van der Waals surface area contributed by atoms with Crippen LogP contribution < -0.4 is 10.2 Å². The summed E-state index contributed by atoms with van der Waals surface area (Å²) in [5.41, 5.74) is 0.703. The minimum Gasteiger partial charge on any atom is -0.368 e. The van der Waals surface area contributed by atoms with Gasteiger partial charge < -0.3 is 15.1 Å². The van der Waals surface area contributed by atoms with Gasteiger partial charge >= 0.3 is 0 Å². The van der Waals surface area contributed by atoms with Gasteiger partial charge in [-0.1, -0.05) is 39.0 Å². The number of hydrogen-bond acceptors (Lipinski definition) is 3. The van der Waals surface area contributed by atoms with Gasteiger partial charge in [0.2, 0.25) is 11.8 Å². The second-order valence-electron chi connectivity index (χ2n) is 7.09. The number of anilines is 1. The molecule has 126 valence electrons. The molecule has 1 aliphatic heterocycles. The normalized spacial score (nSPS) is 16.9. The molecule has 1 fully saturated rings. The highest BCUT2D eigenvalue weighted by Crippen LogP contribution is 2.16. The molecule has 2 rings (SSSR count). The van der Waals surface area contributed by atoms with E-state index in [9.17, 15) is 9.59 Å².